The van der Waals surface area contributed by atoms with E-state index in [1.807, 2.05) is 11.8 Å². The van der Waals surface area contributed by atoms with Crippen molar-refractivity contribution in [1.82, 2.24) is 14.5 Å². The van der Waals surface area contributed by atoms with Crippen molar-refractivity contribution in [2.45, 2.75) is 36.7 Å². The second-order valence-corrected chi connectivity index (χ2v) is 9.09. The number of amides is 1. The fraction of sp³-hybridized carbons (Fsp3) is 0.562. The maximum absolute atomic E-state index is 12.8. The fourth-order valence-corrected chi connectivity index (χ4v) is 5.23. The first-order chi connectivity index (χ1) is 11.4. The van der Waals surface area contributed by atoms with Crippen LogP contribution in [-0.2, 0) is 14.8 Å². The van der Waals surface area contributed by atoms with Crippen LogP contribution in [0.15, 0.2) is 33.6 Å². The van der Waals surface area contributed by atoms with Crippen LogP contribution in [0.4, 0.5) is 0 Å². The molecule has 1 aliphatic carbocycles. The van der Waals surface area contributed by atoms with Gasteiger partial charge in [-0.05, 0) is 47.8 Å². The van der Waals surface area contributed by atoms with Crippen LogP contribution in [0.3, 0.4) is 0 Å². The molecular formula is C16H22BrN3O3S. The van der Waals surface area contributed by atoms with E-state index in [-0.39, 0.29) is 16.8 Å². The minimum Gasteiger partial charge on any atom is -0.352 e. The van der Waals surface area contributed by atoms with Crippen molar-refractivity contribution >= 4 is 31.9 Å². The number of sulfonamides is 1. The molecule has 1 aromatic rings. The lowest BCUT2D eigenvalue weighted by atomic mass is 10.2. The van der Waals surface area contributed by atoms with Crippen LogP contribution in [-0.4, -0.2) is 61.8 Å². The number of benzene rings is 1. The Hall–Kier alpha value is -0.960. The first-order valence-corrected chi connectivity index (χ1v) is 10.4. The standard InChI is InChI=1S/C16H22BrN3O3S/c1-12(16(21)18-13-6-7-13)19-8-10-20(11-9-19)24(22,23)15-5-3-2-4-14(15)17/h2-5,12-13H,6-11H2,1H3,(H,18,21). The second-order valence-electron chi connectivity index (χ2n) is 6.33. The minimum absolute atomic E-state index is 0.0413. The van der Waals surface area contributed by atoms with E-state index in [0.717, 1.165) is 12.8 Å². The molecule has 24 heavy (non-hydrogen) atoms. The first kappa shape index (κ1) is 17.8. The Labute approximate surface area is 151 Å². The minimum atomic E-state index is -3.51. The summed E-state index contributed by atoms with van der Waals surface area (Å²) in [6.45, 7) is 3.79. The maximum Gasteiger partial charge on any atom is 0.244 e. The highest BCUT2D eigenvalue weighted by atomic mass is 79.9. The summed E-state index contributed by atoms with van der Waals surface area (Å²) in [5.74, 6) is 0.0413. The highest BCUT2D eigenvalue weighted by molar-refractivity contribution is 9.10. The molecule has 1 amide bonds. The van der Waals surface area contributed by atoms with Crippen LogP contribution in [0.1, 0.15) is 19.8 Å². The molecule has 1 saturated heterocycles. The number of nitrogens with zero attached hydrogens (tertiary/aromatic N) is 2. The van der Waals surface area contributed by atoms with Gasteiger partial charge >= 0.3 is 0 Å². The van der Waals surface area contributed by atoms with Gasteiger partial charge in [0.15, 0.2) is 0 Å². The van der Waals surface area contributed by atoms with E-state index < -0.39 is 10.0 Å². The number of halogens is 1. The van der Waals surface area contributed by atoms with E-state index in [4.69, 9.17) is 0 Å². The molecule has 8 heteroatoms. The van der Waals surface area contributed by atoms with E-state index in [0.29, 0.717) is 36.7 Å². The van der Waals surface area contributed by atoms with Crippen molar-refractivity contribution in [2.75, 3.05) is 26.2 Å². The van der Waals surface area contributed by atoms with Crippen LogP contribution in [0.2, 0.25) is 0 Å². The number of hydrogen-bond acceptors (Lipinski definition) is 4. The lowest BCUT2D eigenvalue weighted by molar-refractivity contribution is -0.126. The summed E-state index contributed by atoms with van der Waals surface area (Å²) in [6.07, 6.45) is 2.13. The van der Waals surface area contributed by atoms with Crippen LogP contribution in [0.5, 0.6) is 0 Å². The van der Waals surface area contributed by atoms with Gasteiger partial charge in [0.1, 0.15) is 0 Å². The van der Waals surface area contributed by atoms with Gasteiger partial charge in [0.05, 0.1) is 10.9 Å². The van der Waals surface area contributed by atoms with Crippen LogP contribution >= 0.6 is 15.9 Å². The van der Waals surface area contributed by atoms with Crippen LogP contribution < -0.4 is 5.32 Å². The third kappa shape index (κ3) is 3.82. The zero-order valence-corrected chi connectivity index (χ0v) is 16.0. The van der Waals surface area contributed by atoms with Crippen LogP contribution in [0, 0.1) is 0 Å². The van der Waals surface area contributed by atoms with Crippen molar-refractivity contribution in [1.29, 1.82) is 0 Å². The number of piperazine rings is 1. The van der Waals surface area contributed by atoms with Gasteiger partial charge in [-0.3, -0.25) is 9.69 Å². The Bertz CT molecular complexity index is 713. The summed E-state index contributed by atoms with van der Waals surface area (Å²) < 4.78 is 27.6. The van der Waals surface area contributed by atoms with Gasteiger partial charge in [0.2, 0.25) is 15.9 Å². The number of rotatable bonds is 5. The summed E-state index contributed by atoms with van der Waals surface area (Å²) in [7, 11) is -3.51. The van der Waals surface area contributed by atoms with Crippen molar-refractivity contribution in [3.8, 4) is 0 Å². The summed E-state index contributed by atoms with van der Waals surface area (Å²) in [5, 5.41) is 3.01. The van der Waals surface area contributed by atoms with Crippen molar-refractivity contribution in [3.63, 3.8) is 0 Å². The molecule has 0 spiro atoms. The lowest BCUT2D eigenvalue weighted by Gasteiger charge is -2.36. The van der Waals surface area contributed by atoms with Gasteiger partial charge in [0.25, 0.3) is 0 Å². The maximum atomic E-state index is 12.8. The van der Waals surface area contributed by atoms with Gasteiger partial charge in [-0.25, -0.2) is 8.42 Å². The molecule has 3 rings (SSSR count). The monoisotopic (exact) mass is 415 g/mol. The fourth-order valence-electron chi connectivity index (χ4n) is 2.84. The molecule has 1 unspecified atom stereocenters. The second kappa shape index (κ2) is 7.11. The highest BCUT2D eigenvalue weighted by Gasteiger charge is 2.33. The molecule has 2 fully saturated rings. The number of nitrogens with one attached hydrogen (secondary N) is 1. The van der Waals surface area contributed by atoms with Crippen molar-refractivity contribution in [2.24, 2.45) is 0 Å². The average molecular weight is 416 g/mol. The predicted octanol–water partition coefficient (Wildman–Crippen LogP) is 1.42. The van der Waals surface area contributed by atoms with Crippen molar-refractivity contribution < 1.29 is 13.2 Å². The Morgan fingerprint density at radius 3 is 2.42 bits per heavy atom. The molecule has 0 bridgehead atoms. The molecular weight excluding hydrogens is 394 g/mol. The Morgan fingerprint density at radius 2 is 1.83 bits per heavy atom. The lowest BCUT2D eigenvalue weighted by Crippen LogP contribution is -2.55. The van der Waals surface area contributed by atoms with Gasteiger partial charge in [-0.15, -0.1) is 0 Å². The summed E-state index contributed by atoms with van der Waals surface area (Å²) >= 11 is 3.31. The van der Waals surface area contributed by atoms with Gasteiger partial charge < -0.3 is 5.32 Å². The van der Waals surface area contributed by atoms with Crippen LogP contribution in [0.25, 0.3) is 0 Å². The average Bonchev–Trinajstić information content (AvgIpc) is 3.38. The molecule has 0 radical (unpaired) electrons. The topological polar surface area (TPSA) is 69.7 Å². The quantitative estimate of drug-likeness (QED) is 0.789. The number of hydrogen-bond donors (Lipinski definition) is 1. The molecule has 1 atom stereocenters. The smallest absolute Gasteiger partial charge is 0.244 e. The van der Waals surface area contributed by atoms with Gasteiger partial charge in [0, 0.05) is 36.7 Å². The number of carbonyl (C=O) groups is 1. The molecule has 6 nitrogen and oxygen atoms in total. The first-order valence-electron chi connectivity index (χ1n) is 8.18. The van der Waals surface area contributed by atoms with E-state index in [2.05, 4.69) is 21.2 Å². The van der Waals surface area contributed by atoms with E-state index in [1.54, 1.807) is 24.3 Å². The molecule has 1 aliphatic heterocycles. The van der Waals surface area contributed by atoms with Crippen molar-refractivity contribution in [3.05, 3.63) is 28.7 Å². The van der Waals surface area contributed by atoms with Gasteiger partial charge in [-0.2, -0.15) is 4.31 Å². The molecule has 1 saturated carbocycles. The zero-order valence-electron chi connectivity index (χ0n) is 13.6. The van der Waals surface area contributed by atoms with E-state index >= 15 is 0 Å². The zero-order chi connectivity index (χ0) is 17.3. The molecule has 1 aromatic carbocycles. The molecule has 1 N–H and O–H groups in total. The number of carbonyl (C=O) groups excluding carboxylic acids is 1. The normalized spacial score (nSPS) is 21.4. The Balaban J connectivity index is 1.62. The molecule has 0 aromatic heterocycles. The third-order valence-corrected chi connectivity index (χ3v) is 7.49. The molecule has 1 heterocycles. The van der Waals surface area contributed by atoms with E-state index in [1.165, 1.54) is 4.31 Å². The summed E-state index contributed by atoms with van der Waals surface area (Å²) in [5.41, 5.74) is 0. The summed E-state index contributed by atoms with van der Waals surface area (Å²) in [6, 6.07) is 6.97. The Kier molecular flexibility index (Phi) is 5.29. The third-order valence-electron chi connectivity index (χ3n) is 4.58. The summed E-state index contributed by atoms with van der Waals surface area (Å²) in [4.78, 5) is 14.5. The SMILES string of the molecule is CC(C(=O)NC1CC1)N1CCN(S(=O)(=O)c2ccccc2Br)CC1. The highest BCUT2D eigenvalue weighted by Crippen LogP contribution is 2.26. The van der Waals surface area contributed by atoms with E-state index in [9.17, 15) is 13.2 Å². The largest absolute Gasteiger partial charge is 0.352 e. The molecule has 132 valence electrons. The molecule has 2 aliphatic rings. The van der Waals surface area contributed by atoms with Gasteiger partial charge in [-0.1, -0.05) is 12.1 Å². The predicted molar refractivity (Wildman–Crippen MR) is 95.1 cm³/mol. The Morgan fingerprint density at radius 1 is 1.21 bits per heavy atom.